The maximum absolute atomic E-state index is 6.19. The largest absolute Gasteiger partial charge is 0.437 e. The van der Waals surface area contributed by atoms with Gasteiger partial charge in [0.1, 0.15) is 0 Å². The van der Waals surface area contributed by atoms with E-state index in [-0.39, 0.29) is 0 Å². The molecular formula is C10H26O3Si4. The summed E-state index contributed by atoms with van der Waals surface area (Å²) in [6.07, 6.45) is 0. The predicted molar refractivity (Wildman–Crippen MR) is 84.6 cm³/mol. The SMILES string of the molecule is C=C[SiH2]O[Si](C)(C=C)O[Si](C)(C)O[Si](C)(C)C. The van der Waals surface area contributed by atoms with Gasteiger partial charge in [0.05, 0.1) is 0 Å². The van der Waals surface area contributed by atoms with Gasteiger partial charge >= 0.3 is 17.1 Å². The topological polar surface area (TPSA) is 27.7 Å². The van der Waals surface area contributed by atoms with E-state index in [1.807, 2.05) is 17.9 Å². The van der Waals surface area contributed by atoms with Crippen LogP contribution in [-0.2, 0) is 12.3 Å². The molecule has 0 rings (SSSR count). The quantitative estimate of drug-likeness (QED) is 0.645. The zero-order chi connectivity index (χ0) is 13.7. The van der Waals surface area contributed by atoms with E-state index in [1.165, 1.54) is 0 Å². The molecule has 7 heteroatoms. The first-order valence-corrected chi connectivity index (χ1v) is 15.8. The van der Waals surface area contributed by atoms with Crippen LogP contribution in [0.3, 0.4) is 0 Å². The Morgan fingerprint density at radius 2 is 1.47 bits per heavy atom. The molecule has 0 saturated heterocycles. The maximum atomic E-state index is 6.19. The van der Waals surface area contributed by atoms with Gasteiger partial charge in [0.25, 0.3) is 0 Å². The minimum Gasteiger partial charge on any atom is -0.437 e. The molecule has 0 aliphatic rings. The Balaban J connectivity index is 4.64. The van der Waals surface area contributed by atoms with Gasteiger partial charge in [-0.3, -0.25) is 0 Å². The van der Waals surface area contributed by atoms with Crippen molar-refractivity contribution in [1.82, 2.24) is 0 Å². The van der Waals surface area contributed by atoms with Gasteiger partial charge in [0.2, 0.25) is 0 Å². The van der Waals surface area contributed by atoms with Crippen molar-refractivity contribution < 1.29 is 12.3 Å². The molecule has 0 aromatic heterocycles. The lowest BCUT2D eigenvalue weighted by molar-refractivity contribution is 0.344. The molecule has 17 heavy (non-hydrogen) atoms. The van der Waals surface area contributed by atoms with Crippen molar-refractivity contribution in [1.29, 1.82) is 0 Å². The number of hydrogen-bond donors (Lipinski definition) is 0. The molecule has 0 saturated carbocycles. The second-order valence-electron chi connectivity index (χ2n) is 5.54. The molecular weight excluding hydrogens is 280 g/mol. The fourth-order valence-electron chi connectivity index (χ4n) is 1.60. The molecule has 0 aliphatic carbocycles. The minimum atomic E-state index is -2.27. The van der Waals surface area contributed by atoms with Crippen molar-refractivity contribution in [3.05, 3.63) is 24.6 Å². The summed E-state index contributed by atoms with van der Waals surface area (Å²) in [5.74, 6) is 0. The summed E-state index contributed by atoms with van der Waals surface area (Å²) in [4.78, 5) is 0. The fourth-order valence-corrected chi connectivity index (χ4v) is 15.3. The zero-order valence-electron chi connectivity index (χ0n) is 12.0. The van der Waals surface area contributed by atoms with E-state index < -0.39 is 35.2 Å². The van der Waals surface area contributed by atoms with Crippen LogP contribution in [0.1, 0.15) is 0 Å². The van der Waals surface area contributed by atoms with Crippen LogP contribution in [0.4, 0.5) is 0 Å². The fraction of sp³-hybridized carbons (Fsp3) is 0.600. The Hall–Kier alpha value is 0.228. The van der Waals surface area contributed by atoms with Gasteiger partial charge in [-0.15, -0.1) is 13.2 Å². The van der Waals surface area contributed by atoms with Crippen LogP contribution in [0, 0.1) is 0 Å². The molecule has 0 bridgehead atoms. The third-order valence-corrected chi connectivity index (χ3v) is 13.8. The van der Waals surface area contributed by atoms with Crippen LogP contribution in [-0.4, -0.2) is 35.2 Å². The lowest BCUT2D eigenvalue weighted by Crippen LogP contribution is -2.53. The van der Waals surface area contributed by atoms with E-state index in [0.717, 1.165) is 0 Å². The number of rotatable bonds is 8. The summed E-state index contributed by atoms with van der Waals surface area (Å²) in [5, 5.41) is 0. The molecule has 0 spiro atoms. The van der Waals surface area contributed by atoms with Crippen LogP contribution < -0.4 is 0 Å². The summed E-state index contributed by atoms with van der Waals surface area (Å²) < 4.78 is 18.2. The number of hydrogen-bond acceptors (Lipinski definition) is 3. The average molecular weight is 307 g/mol. The Morgan fingerprint density at radius 1 is 0.941 bits per heavy atom. The van der Waals surface area contributed by atoms with Crippen molar-refractivity contribution >= 4 is 35.2 Å². The molecule has 0 radical (unpaired) electrons. The van der Waals surface area contributed by atoms with Crippen LogP contribution in [0.5, 0.6) is 0 Å². The third kappa shape index (κ3) is 8.03. The zero-order valence-corrected chi connectivity index (χ0v) is 16.4. The van der Waals surface area contributed by atoms with Gasteiger partial charge in [0, 0.05) is 0 Å². The van der Waals surface area contributed by atoms with Crippen molar-refractivity contribution in [2.45, 2.75) is 39.3 Å². The van der Waals surface area contributed by atoms with E-state index in [9.17, 15) is 0 Å². The van der Waals surface area contributed by atoms with Crippen LogP contribution in [0.15, 0.2) is 24.6 Å². The highest BCUT2D eigenvalue weighted by molar-refractivity contribution is 6.88. The van der Waals surface area contributed by atoms with Gasteiger partial charge in [-0.1, -0.05) is 11.4 Å². The molecule has 3 nitrogen and oxygen atoms in total. The molecule has 0 N–H and O–H groups in total. The minimum absolute atomic E-state index is 0.697. The summed E-state index contributed by atoms with van der Waals surface area (Å²) in [5.41, 5.74) is 3.71. The smallest absolute Gasteiger partial charge is 0.342 e. The van der Waals surface area contributed by atoms with E-state index in [1.54, 1.807) is 0 Å². The Bertz CT molecular complexity index is 275. The second kappa shape index (κ2) is 6.41. The standard InChI is InChI=1S/C10H26O3Si4/c1-9-14-11-17(8,10-2)13-16(6,7)12-15(3,4)5/h9-10H,1-2,14H2,3-8H3. The molecule has 0 heterocycles. The summed E-state index contributed by atoms with van der Waals surface area (Å²) in [6, 6.07) is 0. The summed E-state index contributed by atoms with van der Waals surface area (Å²) in [6.45, 7) is 20.3. The average Bonchev–Trinajstić information content (AvgIpc) is 2.10. The molecule has 1 unspecified atom stereocenters. The molecule has 0 aromatic carbocycles. The van der Waals surface area contributed by atoms with E-state index in [2.05, 4.69) is 45.9 Å². The van der Waals surface area contributed by atoms with Crippen LogP contribution >= 0.6 is 0 Å². The van der Waals surface area contributed by atoms with Crippen LogP contribution in [0.2, 0.25) is 39.3 Å². The van der Waals surface area contributed by atoms with Gasteiger partial charge in [-0.25, -0.2) is 0 Å². The van der Waals surface area contributed by atoms with E-state index in [0.29, 0.717) is 0 Å². The Morgan fingerprint density at radius 3 is 1.82 bits per heavy atom. The summed E-state index contributed by atoms with van der Waals surface area (Å²) >= 11 is 0. The Labute approximate surface area is 111 Å². The first-order valence-electron chi connectivity index (χ1n) is 5.82. The lowest BCUT2D eigenvalue weighted by atomic mass is 11.3. The van der Waals surface area contributed by atoms with E-state index >= 15 is 0 Å². The van der Waals surface area contributed by atoms with Crippen molar-refractivity contribution in [2.75, 3.05) is 0 Å². The highest BCUT2D eigenvalue weighted by atomic mass is 28.5. The molecule has 1 atom stereocenters. The monoisotopic (exact) mass is 306 g/mol. The van der Waals surface area contributed by atoms with E-state index in [4.69, 9.17) is 12.3 Å². The molecule has 0 fully saturated rings. The van der Waals surface area contributed by atoms with Crippen molar-refractivity contribution in [3.63, 3.8) is 0 Å². The Kier molecular flexibility index (Phi) is 6.50. The second-order valence-corrected chi connectivity index (χ2v) is 18.7. The van der Waals surface area contributed by atoms with Crippen molar-refractivity contribution in [3.8, 4) is 0 Å². The van der Waals surface area contributed by atoms with Gasteiger partial charge in [-0.05, 0) is 39.3 Å². The summed E-state index contributed by atoms with van der Waals surface area (Å²) in [7, 11) is -6.67. The lowest BCUT2D eigenvalue weighted by Gasteiger charge is -2.37. The van der Waals surface area contributed by atoms with Gasteiger partial charge < -0.3 is 12.3 Å². The third-order valence-electron chi connectivity index (χ3n) is 1.86. The van der Waals surface area contributed by atoms with Crippen LogP contribution in [0.25, 0.3) is 0 Å². The maximum Gasteiger partial charge on any atom is 0.342 e. The molecule has 0 amide bonds. The first kappa shape index (κ1) is 17.2. The highest BCUT2D eigenvalue weighted by Gasteiger charge is 2.40. The first-order chi connectivity index (χ1) is 7.54. The van der Waals surface area contributed by atoms with Gasteiger partial charge in [0.15, 0.2) is 18.1 Å². The van der Waals surface area contributed by atoms with Crippen molar-refractivity contribution in [2.24, 2.45) is 0 Å². The molecule has 100 valence electrons. The molecule has 0 aromatic rings. The highest BCUT2D eigenvalue weighted by Crippen LogP contribution is 2.21. The predicted octanol–water partition coefficient (Wildman–Crippen LogP) is 2.60. The molecule has 0 aliphatic heterocycles. The normalized spacial score (nSPS) is 17.1. The van der Waals surface area contributed by atoms with Gasteiger partial charge in [-0.2, -0.15) is 0 Å².